The van der Waals surface area contributed by atoms with Gasteiger partial charge in [-0.1, -0.05) is 30.3 Å². The van der Waals surface area contributed by atoms with Gasteiger partial charge in [0.15, 0.2) is 0 Å². The van der Waals surface area contributed by atoms with Crippen LogP contribution in [0.3, 0.4) is 0 Å². The van der Waals surface area contributed by atoms with Gasteiger partial charge >= 0.3 is 5.97 Å². The van der Waals surface area contributed by atoms with Gasteiger partial charge in [-0.25, -0.2) is 4.98 Å². The van der Waals surface area contributed by atoms with Gasteiger partial charge in [-0.05, 0) is 12.1 Å². The molecular weight excluding hydrogens is 316 g/mol. The van der Waals surface area contributed by atoms with Crippen LogP contribution >= 0.6 is 0 Å². The Kier molecular flexibility index (Phi) is 5.59. The summed E-state index contributed by atoms with van der Waals surface area (Å²) in [6, 6.07) is 9.98. The van der Waals surface area contributed by atoms with E-state index < -0.39 is 28.7 Å². The van der Waals surface area contributed by atoms with E-state index in [1.54, 1.807) is 18.2 Å². The molecule has 6 nitrogen and oxygen atoms in total. The van der Waals surface area contributed by atoms with Crippen molar-refractivity contribution < 1.29 is 18.9 Å². The van der Waals surface area contributed by atoms with E-state index >= 15 is 0 Å². The Bertz CT molecular complexity index is 788. The maximum absolute atomic E-state index is 12.2. The third kappa shape index (κ3) is 5.00. The molecule has 0 bridgehead atoms. The Morgan fingerprint density at radius 2 is 2.04 bits per heavy atom. The molecule has 0 saturated heterocycles. The van der Waals surface area contributed by atoms with E-state index in [9.17, 15) is 13.8 Å². The molecule has 120 valence electrons. The highest BCUT2D eigenvalue weighted by atomic mass is 32.2. The van der Waals surface area contributed by atoms with Gasteiger partial charge in [0.05, 0.1) is 18.0 Å². The summed E-state index contributed by atoms with van der Waals surface area (Å²) < 4.78 is 11.1. The number of carbonyl (C=O) groups is 2. The van der Waals surface area contributed by atoms with Crippen molar-refractivity contribution in [1.29, 1.82) is 0 Å². The summed E-state index contributed by atoms with van der Waals surface area (Å²) >= 11 is 0. The smallest absolute Gasteiger partial charge is 0.305 e. The number of fused-ring (bicyclic) bond motifs is 1. The molecule has 0 aliphatic carbocycles. The van der Waals surface area contributed by atoms with Crippen LogP contribution in [0, 0.1) is 0 Å². The Hall–Kier alpha value is -2.54. The summed E-state index contributed by atoms with van der Waals surface area (Å²) in [6.07, 6.45) is 2.58. The number of carboxylic acids is 1. The van der Waals surface area contributed by atoms with Crippen LogP contribution in [0.2, 0.25) is 0 Å². The second-order valence-electron chi connectivity index (χ2n) is 4.89. The number of carbonyl (C=O) groups excluding carboxylic acids is 1. The van der Waals surface area contributed by atoms with Gasteiger partial charge in [0.1, 0.15) is 5.69 Å². The van der Waals surface area contributed by atoms with Gasteiger partial charge < -0.3 is 10.4 Å². The molecule has 1 aromatic heterocycles. The summed E-state index contributed by atoms with van der Waals surface area (Å²) in [5, 5.41) is 13.7. The topological polar surface area (TPSA) is 96.4 Å². The molecule has 2 N–H and O–H groups in total. The minimum Gasteiger partial charge on any atom is -0.481 e. The summed E-state index contributed by atoms with van der Waals surface area (Å²) in [7, 11) is -1.22. The highest BCUT2D eigenvalue weighted by Crippen LogP contribution is 2.12. The molecule has 0 aliphatic rings. The molecule has 1 aromatic carbocycles. The van der Waals surface area contributed by atoms with Crippen LogP contribution in [0.1, 0.15) is 16.9 Å². The lowest BCUT2D eigenvalue weighted by atomic mass is 10.1. The number of para-hydroxylation sites is 1. The molecule has 0 fully saturated rings. The first-order valence-electron chi connectivity index (χ1n) is 6.84. The van der Waals surface area contributed by atoms with E-state index in [4.69, 9.17) is 5.11 Å². The monoisotopic (exact) mass is 332 g/mol. The minimum atomic E-state index is -1.22. The molecule has 1 amide bonds. The van der Waals surface area contributed by atoms with Crippen molar-refractivity contribution in [3.8, 4) is 0 Å². The Balaban J connectivity index is 2.18. The largest absolute Gasteiger partial charge is 0.481 e. The molecule has 23 heavy (non-hydrogen) atoms. The Morgan fingerprint density at radius 1 is 1.30 bits per heavy atom. The third-order valence-electron chi connectivity index (χ3n) is 3.04. The minimum absolute atomic E-state index is 0.199. The lowest BCUT2D eigenvalue weighted by molar-refractivity contribution is -0.137. The Labute approximate surface area is 135 Å². The number of carboxylic acid groups (broad SMARTS) is 1. The van der Waals surface area contributed by atoms with Gasteiger partial charge in [0, 0.05) is 27.8 Å². The zero-order valence-electron chi connectivity index (χ0n) is 12.4. The molecule has 2 rings (SSSR count). The maximum atomic E-state index is 12.2. The fraction of sp³-hybridized carbons (Fsp3) is 0.188. The first kappa shape index (κ1) is 16.8. The van der Waals surface area contributed by atoms with Crippen molar-refractivity contribution in [3.05, 3.63) is 53.6 Å². The van der Waals surface area contributed by atoms with E-state index in [1.807, 2.05) is 18.2 Å². The van der Waals surface area contributed by atoms with E-state index in [0.29, 0.717) is 5.52 Å². The molecule has 0 radical (unpaired) electrons. The van der Waals surface area contributed by atoms with E-state index in [2.05, 4.69) is 10.3 Å². The molecule has 0 spiro atoms. The summed E-state index contributed by atoms with van der Waals surface area (Å²) in [5.41, 5.74) is 0.880. The quantitative estimate of drug-likeness (QED) is 0.839. The van der Waals surface area contributed by atoms with Gasteiger partial charge in [-0.3, -0.25) is 13.8 Å². The average molecular weight is 332 g/mol. The molecule has 1 heterocycles. The van der Waals surface area contributed by atoms with Crippen molar-refractivity contribution in [3.63, 3.8) is 0 Å². The maximum Gasteiger partial charge on any atom is 0.305 e. The molecule has 2 aromatic rings. The number of nitrogens with one attached hydrogen (secondary N) is 1. The number of pyridine rings is 1. The summed E-state index contributed by atoms with van der Waals surface area (Å²) in [4.78, 5) is 27.4. The van der Waals surface area contributed by atoms with Gasteiger partial charge in [0.2, 0.25) is 0 Å². The molecule has 0 saturated carbocycles. The van der Waals surface area contributed by atoms with Crippen LogP contribution in [0.15, 0.2) is 47.9 Å². The van der Waals surface area contributed by atoms with Crippen LogP contribution in [0.4, 0.5) is 0 Å². The number of hydrogen-bond acceptors (Lipinski definition) is 4. The van der Waals surface area contributed by atoms with Crippen molar-refractivity contribution in [2.45, 2.75) is 12.5 Å². The molecule has 2 atom stereocenters. The normalized spacial score (nSPS) is 13.8. The third-order valence-corrected chi connectivity index (χ3v) is 3.59. The highest BCUT2D eigenvalue weighted by molar-refractivity contribution is 7.87. The lowest BCUT2D eigenvalue weighted by Gasteiger charge is -2.12. The molecule has 0 aliphatic heterocycles. The van der Waals surface area contributed by atoms with Crippen LogP contribution < -0.4 is 5.32 Å². The van der Waals surface area contributed by atoms with Crippen molar-refractivity contribution in [2.75, 3.05) is 6.26 Å². The fourth-order valence-corrected chi connectivity index (χ4v) is 2.41. The highest BCUT2D eigenvalue weighted by Gasteiger charge is 2.16. The van der Waals surface area contributed by atoms with E-state index in [1.165, 1.54) is 17.7 Å². The molecule has 2 unspecified atom stereocenters. The second-order valence-corrected chi connectivity index (χ2v) is 6.16. The van der Waals surface area contributed by atoms with Crippen LogP contribution in [0.25, 0.3) is 10.9 Å². The number of hydrogen-bond donors (Lipinski definition) is 2. The average Bonchev–Trinajstić information content (AvgIpc) is 2.51. The molecular formula is C16H16N2O4S. The molecule has 7 heteroatoms. The zero-order chi connectivity index (χ0) is 16.8. The number of aliphatic carboxylic acids is 1. The van der Waals surface area contributed by atoms with Crippen molar-refractivity contribution >= 4 is 33.6 Å². The van der Waals surface area contributed by atoms with Gasteiger partial charge in [-0.15, -0.1) is 0 Å². The number of nitrogens with zero attached hydrogens (tertiary/aromatic N) is 1. The number of rotatable bonds is 6. The van der Waals surface area contributed by atoms with Gasteiger partial charge in [-0.2, -0.15) is 0 Å². The number of benzene rings is 1. The van der Waals surface area contributed by atoms with Crippen LogP contribution in [-0.4, -0.2) is 38.5 Å². The van der Waals surface area contributed by atoms with Crippen molar-refractivity contribution in [2.24, 2.45) is 0 Å². The zero-order valence-corrected chi connectivity index (χ0v) is 13.2. The Morgan fingerprint density at radius 3 is 2.74 bits per heavy atom. The number of aromatic nitrogens is 1. The van der Waals surface area contributed by atoms with Crippen molar-refractivity contribution in [1.82, 2.24) is 10.3 Å². The summed E-state index contributed by atoms with van der Waals surface area (Å²) in [5.74, 6) is -1.54. The van der Waals surface area contributed by atoms with E-state index in [0.717, 1.165) is 5.39 Å². The van der Waals surface area contributed by atoms with E-state index in [-0.39, 0.29) is 12.1 Å². The second kappa shape index (κ2) is 7.64. The first-order valence-corrected chi connectivity index (χ1v) is 8.47. The summed E-state index contributed by atoms with van der Waals surface area (Å²) in [6.45, 7) is 0. The predicted molar refractivity (Wildman–Crippen MR) is 88.5 cm³/mol. The van der Waals surface area contributed by atoms with Crippen LogP contribution in [0.5, 0.6) is 0 Å². The predicted octanol–water partition coefficient (Wildman–Crippen LogP) is 1.70. The van der Waals surface area contributed by atoms with Gasteiger partial charge in [0.25, 0.3) is 5.91 Å². The first-order chi connectivity index (χ1) is 11.0. The fourth-order valence-electron chi connectivity index (χ4n) is 2.00. The SMILES string of the molecule is CS(=O)/C=C/C(CC(=O)O)NC(=O)c1ccc2ccccc2n1. The number of amides is 1. The van der Waals surface area contributed by atoms with Crippen LogP contribution in [-0.2, 0) is 15.6 Å². The lowest BCUT2D eigenvalue weighted by Crippen LogP contribution is -2.35. The standard InChI is InChI=1S/C16H16N2O4S/c1-23(22)9-8-12(10-15(19)20)17-16(21)14-7-6-11-4-2-3-5-13(11)18-14/h2-9,12H,10H2,1H3,(H,17,21)(H,19,20)/b9-8+.